The fraction of sp³-hybridized carbons (Fsp3) is 0.714. The van der Waals surface area contributed by atoms with E-state index in [1.54, 1.807) is 11.8 Å². The van der Waals surface area contributed by atoms with Crippen LogP contribution in [0.1, 0.15) is 49.8 Å². The molecule has 5 aliphatic rings. The Labute approximate surface area is 181 Å². The predicted molar refractivity (Wildman–Crippen MR) is 110 cm³/mol. The number of fused-ring (bicyclic) bond motifs is 11. The zero-order valence-electron chi connectivity index (χ0n) is 16.5. The highest BCUT2D eigenvalue weighted by Gasteiger charge is 2.71. The molecule has 1 spiro atoms. The molecular weight excluding hydrogens is 424 g/mol. The number of amides is 2. The quantitative estimate of drug-likeness (QED) is 0.688. The Bertz CT molecular complexity index is 1010. The third kappa shape index (κ3) is 2.33. The van der Waals surface area contributed by atoms with Crippen molar-refractivity contribution in [2.45, 2.75) is 60.6 Å². The van der Waals surface area contributed by atoms with Gasteiger partial charge >= 0.3 is 10.8 Å². The summed E-state index contributed by atoms with van der Waals surface area (Å²) in [4.78, 5) is 55.1. The molecule has 1 saturated heterocycles. The lowest BCUT2D eigenvalue weighted by molar-refractivity contribution is -0.142. The fourth-order valence-corrected chi connectivity index (χ4v) is 10.7. The molecule has 0 unspecified atom stereocenters. The van der Waals surface area contributed by atoms with Crippen molar-refractivity contribution in [2.24, 2.45) is 29.6 Å². The van der Waals surface area contributed by atoms with E-state index in [1.807, 2.05) is 0 Å². The van der Waals surface area contributed by atoms with E-state index in [0.29, 0.717) is 5.92 Å². The van der Waals surface area contributed by atoms with Crippen molar-refractivity contribution >= 4 is 40.9 Å². The first-order valence-corrected chi connectivity index (χ1v) is 12.6. The second kappa shape index (κ2) is 6.45. The lowest BCUT2D eigenvalue weighted by Gasteiger charge is -2.52. The van der Waals surface area contributed by atoms with Crippen LogP contribution in [0.2, 0.25) is 0 Å². The molecule has 2 N–H and O–H groups in total. The summed E-state index contributed by atoms with van der Waals surface area (Å²) < 4.78 is 0. The number of nitrogens with one attached hydrogen (secondary N) is 1. The number of thiazole rings is 1. The summed E-state index contributed by atoms with van der Waals surface area (Å²) in [5, 5.41) is 10.3. The molecule has 9 heteroatoms. The van der Waals surface area contributed by atoms with Crippen LogP contribution < -0.4 is 4.87 Å². The van der Waals surface area contributed by atoms with Gasteiger partial charge in [0.2, 0.25) is 11.8 Å². The number of carboxylic acids is 1. The number of hydrogen-bond donors (Lipinski definition) is 2. The second-order valence-electron chi connectivity index (χ2n) is 9.58. The molecule has 3 heterocycles. The Morgan fingerprint density at radius 1 is 1.10 bits per heavy atom. The fourth-order valence-electron chi connectivity index (χ4n) is 7.57. The minimum absolute atomic E-state index is 0.00281. The standard InChI is InChI=1S/C21H24N2O5S2/c24-11(25)4-7-23-18(26)12-9-8-10(13(12)19(23)27)15-14(9)21(5-2-1-3-6-21)16-17(29-15)22-20(28)30-16/h9-10,12-15H,1-8H2,(H,22,28)(H,24,25)/t9-,10+,12-,13-,14+,15+/m0/s1. The Balaban J connectivity index is 1.41. The van der Waals surface area contributed by atoms with Crippen molar-refractivity contribution in [1.82, 2.24) is 9.88 Å². The zero-order chi connectivity index (χ0) is 20.8. The lowest BCUT2D eigenvalue weighted by Crippen LogP contribution is -2.51. The van der Waals surface area contributed by atoms with Crippen molar-refractivity contribution in [3.8, 4) is 0 Å². The first-order chi connectivity index (χ1) is 14.4. The monoisotopic (exact) mass is 448 g/mol. The van der Waals surface area contributed by atoms with Crippen molar-refractivity contribution in [2.75, 3.05) is 6.54 Å². The number of H-pyrrole nitrogens is 1. The van der Waals surface area contributed by atoms with Gasteiger partial charge in [-0.15, -0.1) is 11.8 Å². The van der Waals surface area contributed by atoms with Gasteiger partial charge in [-0.25, -0.2) is 0 Å². The van der Waals surface area contributed by atoms with Crippen molar-refractivity contribution in [1.29, 1.82) is 0 Å². The maximum Gasteiger partial charge on any atom is 0.305 e. The van der Waals surface area contributed by atoms with Crippen molar-refractivity contribution < 1.29 is 19.5 Å². The molecule has 0 aromatic carbocycles. The van der Waals surface area contributed by atoms with E-state index < -0.39 is 5.97 Å². The van der Waals surface area contributed by atoms with Crippen LogP contribution in [-0.2, 0) is 19.8 Å². The lowest BCUT2D eigenvalue weighted by atomic mass is 9.57. The minimum Gasteiger partial charge on any atom is -0.481 e. The zero-order valence-corrected chi connectivity index (χ0v) is 18.1. The van der Waals surface area contributed by atoms with Crippen LogP contribution in [0, 0.1) is 29.6 Å². The van der Waals surface area contributed by atoms with E-state index in [9.17, 15) is 19.2 Å². The van der Waals surface area contributed by atoms with Gasteiger partial charge in [0.1, 0.15) is 0 Å². The molecule has 0 radical (unpaired) electrons. The molecule has 6 atom stereocenters. The first kappa shape index (κ1) is 19.1. The van der Waals surface area contributed by atoms with Crippen LogP contribution >= 0.6 is 23.1 Å². The highest BCUT2D eigenvalue weighted by atomic mass is 32.2. The van der Waals surface area contributed by atoms with Gasteiger partial charge in [-0.3, -0.25) is 24.1 Å². The smallest absolute Gasteiger partial charge is 0.305 e. The average Bonchev–Trinajstić information content (AvgIpc) is 3.43. The number of aliphatic carboxylic acids is 1. The molecule has 3 saturated carbocycles. The number of carboxylic acid groups (broad SMARTS) is 1. The molecule has 3 aliphatic carbocycles. The van der Waals surface area contributed by atoms with E-state index in [4.69, 9.17) is 5.11 Å². The summed E-state index contributed by atoms with van der Waals surface area (Å²) in [6.07, 6.45) is 6.31. The highest BCUT2D eigenvalue weighted by molar-refractivity contribution is 8.00. The molecule has 4 fully saturated rings. The minimum atomic E-state index is -0.991. The molecule has 1 aromatic heterocycles. The number of aromatic amines is 1. The summed E-state index contributed by atoms with van der Waals surface area (Å²) in [6.45, 7) is -0.0201. The van der Waals surface area contributed by atoms with Crippen LogP contribution in [0.5, 0.6) is 0 Å². The maximum atomic E-state index is 13.2. The summed E-state index contributed by atoms with van der Waals surface area (Å²) in [5.41, 5.74) is -0.0461. The van der Waals surface area contributed by atoms with Gasteiger partial charge < -0.3 is 10.1 Å². The number of carbonyl (C=O) groups excluding carboxylic acids is 2. The average molecular weight is 449 g/mol. The molecule has 30 heavy (non-hydrogen) atoms. The van der Waals surface area contributed by atoms with Gasteiger partial charge in [-0.1, -0.05) is 30.6 Å². The third-order valence-corrected chi connectivity index (χ3v) is 11.1. The number of aromatic nitrogens is 1. The van der Waals surface area contributed by atoms with Crippen LogP contribution in [0.25, 0.3) is 0 Å². The van der Waals surface area contributed by atoms with Crippen LogP contribution in [0.15, 0.2) is 9.82 Å². The SMILES string of the molecule is O=C(O)CCN1C(=O)[C@H]2[C@H]3C[C@@H]([C@@H]2C1=O)[C@@H]1[C@@H]3Sc2[nH]c(=O)sc2C12CCCCC2. The normalized spacial score (nSPS) is 38.1. The number of nitrogens with zero attached hydrogens (tertiary/aromatic N) is 1. The van der Waals surface area contributed by atoms with E-state index in [0.717, 1.165) is 37.1 Å². The summed E-state index contributed by atoms with van der Waals surface area (Å²) in [6, 6.07) is 0. The molecule has 2 aliphatic heterocycles. The van der Waals surface area contributed by atoms with Crippen LogP contribution in [-0.4, -0.2) is 44.6 Å². The molecule has 7 nitrogen and oxygen atoms in total. The van der Waals surface area contributed by atoms with Crippen molar-refractivity contribution in [3.63, 3.8) is 0 Å². The molecule has 1 aromatic rings. The maximum absolute atomic E-state index is 13.2. The molecule has 2 amide bonds. The number of imide groups is 1. The predicted octanol–water partition coefficient (Wildman–Crippen LogP) is 2.45. The Hall–Kier alpha value is -1.61. The van der Waals surface area contributed by atoms with Crippen molar-refractivity contribution in [3.05, 3.63) is 14.5 Å². The van der Waals surface area contributed by atoms with Gasteiger partial charge in [0.05, 0.1) is 23.3 Å². The van der Waals surface area contributed by atoms with E-state index in [2.05, 4.69) is 4.98 Å². The van der Waals surface area contributed by atoms with Gasteiger partial charge in [0.15, 0.2) is 0 Å². The Morgan fingerprint density at radius 2 is 1.80 bits per heavy atom. The Morgan fingerprint density at radius 3 is 2.50 bits per heavy atom. The van der Waals surface area contributed by atoms with Crippen LogP contribution in [0.4, 0.5) is 0 Å². The number of rotatable bonds is 3. The molecule has 2 bridgehead atoms. The molecular formula is C21H24N2O5S2. The number of carbonyl (C=O) groups is 3. The largest absolute Gasteiger partial charge is 0.481 e. The Kier molecular flexibility index (Phi) is 4.11. The second-order valence-corrected chi connectivity index (χ2v) is 11.8. The third-order valence-electron chi connectivity index (χ3n) is 8.45. The van der Waals surface area contributed by atoms with Crippen LogP contribution in [0.3, 0.4) is 0 Å². The summed E-state index contributed by atoms with van der Waals surface area (Å²) in [7, 11) is 0. The van der Waals surface area contributed by atoms with Gasteiger partial charge in [0, 0.05) is 22.1 Å². The van der Waals surface area contributed by atoms with Gasteiger partial charge in [-0.05, 0) is 37.0 Å². The van der Waals surface area contributed by atoms with E-state index >= 15 is 0 Å². The number of hydrogen-bond acceptors (Lipinski definition) is 6. The van der Waals surface area contributed by atoms with E-state index in [1.165, 1.54) is 27.5 Å². The topological polar surface area (TPSA) is 108 Å². The van der Waals surface area contributed by atoms with E-state index in [-0.39, 0.29) is 64.0 Å². The van der Waals surface area contributed by atoms with Gasteiger partial charge in [0.25, 0.3) is 0 Å². The van der Waals surface area contributed by atoms with Gasteiger partial charge in [-0.2, -0.15) is 0 Å². The number of thioether (sulfide) groups is 1. The highest BCUT2D eigenvalue weighted by Crippen LogP contribution is 2.71. The molecule has 160 valence electrons. The first-order valence-electron chi connectivity index (χ1n) is 10.9. The summed E-state index contributed by atoms with van der Waals surface area (Å²) >= 11 is 3.08. The summed E-state index contributed by atoms with van der Waals surface area (Å²) in [5.74, 6) is -1.30. The molecule has 6 rings (SSSR count). The number of likely N-dealkylation sites (tertiary alicyclic amines) is 1.